The van der Waals surface area contributed by atoms with Crippen molar-refractivity contribution >= 4 is 11.4 Å². The second kappa shape index (κ2) is 3.26. The molecule has 0 radical (unpaired) electrons. The molecule has 0 bridgehead atoms. The van der Waals surface area contributed by atoms with E-state index in [0.717, 1.165) is 13.1 Å². The van der Waals surface area contributed by atoms with Gasteiger partial charge in [-0.2, -0.15) is 0 Å². The Hall–Kier alpha value is -1.22. The number of nitrogens with one attached hydrogen (secondary N) is 1. The van der Waals surface area contributed by atoms with Crippen molar-refractivity contribution in [3.8, 4) is 0 Å². The van der Waals surface area contributed by atoms with Crippen LogP contribution in [0.1, 0.15) is 5.56 Å². The van der Waals surface area contributed by atoms with Crippen LogP contribution in [0.15, 0.2) is 18.2 Å². The predicted molar refractivity (Wildman–Crippen MR) is 56.1 cm³/mol. The molecule has 1 aromatic rings. The van der Waals surface area contributed by atoms with Crippen molar-refractivity contribution in [2.24, 2.45) is 5.73 Å². The summed E-state index contributed by atoms with van der Waals surface area (Å²) in [5, 5.41) is 3.36. The quantitative estimate of drug-likeness (QED) is 0.672. The number of hydrogen-bond acceptors (Lipinski definition) is 3. The monoisotopic (exact) mass is 177 g/mol. The molecule has 0 saturated heterocycles. The van der Waals surface area contributed by atoms with Gasteiger partial charge in [0.25, 0.3) is 0 Å². The van der Waals surface area contributed by atoms with Crippen molar-refractivity contribution in [2.75, 3.05) is 30.4 Å². The van der Waals surface area contributed by atoms with Crippen LogP contribution >= 0.6 is 0 Å². The minimum absolute atomic E-state index is 0.612. The number of rotatable bonds is 1. The molecule has 70 valence electrons. The third-order valence-corrected chi connectivity index (χ3v) is 2.47. The number of anilines is 2. The van der Waals surface area contributed by atoms with Crippen LogP contribution in [0.3, 0.4) is 0 Å². The molecule has 0 unspecified atom stereocenters. The molecule has 0 aliphatic carbocycles. The van der Waals surface area contributed by atoms with Crippen molar-refractivity contribution in [2.45, 2.75) is 6.54 Å². The van der Waals surface area contributed by atoms with E-state index in [1.54, 1.807) is 0 Å². The molecule has 3 N–H and O–H groups in total. The van der Waals surface area contributed by atoms with Gasteiger partial charge >= 0.3 is 0 Å². The largest absolute Gasteiger partial charge is 0.382 e. The average molecular weight is 177 g/mol. The van der Waals surface area contributed by atoms with Gasteiger partial charge in [-0.25, -0.2) is 0 Å². The van der Waals surface area contributed by atoms with Crippen LogP contribution in [0.5, 0.6) is 0 Å². The first-order valence-corrected chi connectivity index (χ1v) is 4.59. The van der Waals surface area contributed by atoms with E-state index in [-0.39, 0.29) is 0 Å². The number of nitrogens with two attached hydrogens (primary N) is 1. The van der Waals surface area contributed by atoms with Gasteiger partial charge in [0.1, 0.15) is 0 Å². The Balaban J connectivity index is 2.41. The number of benzene rings is 1. The van der Waals surface area contributed by atoms with Gasteiger partial charge in [-0.15, -0.1) is 0 Å². The second-order valence-electron chi connectivity index (χ2n) is 3.40. The summed E-state index contributed by atoms with van der Waals surface area (Å²) in [6.45, 7) is 2.69. The van der Waals surface area contributed by atoms with Crippen LogP contribution in [0.4, 0.5) is 11.4 Å². The summed E-state index contributed by atoms with van der Waals surface area (Å²) in [6.07, 6.45) is 0. The Kier molecular flexibility index (Phi) is 2.10. The van der Waals surface area contributed by atoms with Gasteiger partial charge in [-0.1, -0.05) is 6.07 Å². The van der Waals surface area contributed by atoms with Crippen LogP contribution < -0.4 is 16.0 Å². The van der Waals surface area contributed by atoms with E-state index in [0.29, 0.717) is 6.54 Å². The maximum atomic E-state index is 5.59. The number of fused-ring (bicyclic) bond motifs is 1. The van der Waals surface area contributed by atoms with E-state index in [9.17, 15) is 0 Å². The van der Waals surface area contributed by atoms with Gasteiger partial charge in [-0.3, -0.25) is 0 Å². The smallest absolute Gasteiger partial charge is 0.0603 e. The third kappa shape index (κ3) is 1.47. The van der Waals surface area contributed by atoms with E-state index < -0.39 is 0 Å². The highest BCUT2D eigenvalue weighted by Gasteiger charge is 2.12. The second-order valence-corrected chi connectivity index (χ2v) is 3.40. The van der Waals surface area contributed by atoms with E-state index >= 15 is 0 Å². The van der Waals surface area contributed by atoms with Gasteiger partial charge in [0.2, 0.25) is 0 Å². The number of hydrogen-bond donors (Lipinski definition) is 2. The molecule has 0 fully saturated rings. The standard InChI is InChI=1S/C10H15N3/c1-13-5-4-12-9-3-2-8(7-11)6-10(9)13/h2-3,6,12H,4-5,7,11H2,1H3. The van der Waals surface area contributed by atoms with Gasteiger partial charge < -0.3 is 16.0 Å². The maximum absolute atomic E-state index is 5.59. The van der Waals surface area contributed by atoms with Crippen LogP contribution in [-0.2, 0) is 6.54 Å². The molecule has 0 amide bonds. The van der Waals surface area contributed by atoms with E-state index in [1.807, 2.05) is 0 Å². The highest BCUT2D eigenvalue weighted by atomic mass is 15.2. The summed E-state index contributed by atoms with van der Waals surface area (Å²) < 4.78 is 0. The van der Waals surface area contributed by atoms with Crippen molar-refractivity contribution in [1.82, 2.24) is 0 Å². The molecule has 0 saturated carbocycles. The minimum atomic E-state index is 0.612. The lowest BCUT2D eigenvalue weighted by atomic mass is 10.1. The van der Waals surface area contributed by atoms with Crippen LogP contribution in [0.2, 0.25) is 0 Å². The van der Waals surface area contributed by atoms with Gasteiger partial charge in [0, 0.05) is 26.7 Å². The summed E-state index contributed by atoms with van der Waals surface area (Å²) >= 11 is 0. The number of likely N-dealkylation sites (N-methyl/N-ethyl adjacent to an activating group) is 1. The zero-order valence-electron chi connectivity index (χ0n) is 7.88. The Morgan fingerprint density at radius 2 is 2.38 bits per heavy atom. The molecular weight excluding hydrogens is 162 g/mol. The molecule has 0 aromatic heterocycles. The molecule has 1 aromatic carbocycles. The summed E-state index contributed by atoms with van der Waals surface area (Å²) in [6, 6.07) is 6.33. The first kappa shape index (κ1) is 8.38. The topological polar surface area (TPSA) is 41.3 Å². The molecule has 1 aliphatic rings. The highest BCUT2D eigenvalue weighted by molar-refractivity contribution is 5.72. The zero-order valence-corrected chi connectivity index (χ0v) is 7.88. The first-order valence-electron chi connectivity index (χ1n) is 4.59. The predicted octanol–water partition coefficient (Wildman–Crippen LogP) is 1.01. The Labute approximate surface area is 78.5 Å². The SMILES string of the molecule is CN1CCNc2ccc(CN)cc21. The zero-order chi connectivity index (χ0) is 9.26. The summed E-state index contributed by atoms with van der Waals surface area (Å²) in [4.78, 5) is 2.25. The van der Waals surface area contributed by atoms with Crippen LogP contribution in [0.25, 0.3) is 0 Å². The lowest BCUT2D eigenvalue weighted by Gasteiger charge is -2.28. The fourth-order valence-corrected chi connectivity index (χ4v) is 1.65. The van der Waals surface area contributed by atoms with Gasteiger partial charge in [-0.05, 0) is 17.7 Å². The summed E-state index contributed by atoms with van der Waals surface area (Å²) in [5.41, 5.74) is 9.25. The average Bonchev–Trinajstić information content (AvgIpc) is 2.18. The molecular formula is C10H15N3. The maximum Gasteiger partial charge on any atom is 0.0603 e. The van der Waals surface area contributed by atoms with E-state index in [1.165, 1.54) is 16.9 Å². The van der Waals surface area contributed by atoms with Crippen molar-refractivity contribution in [3.05, 3.63) is 23.8 Å². The fourth-order valence-electron chi connectivity index (χ4n) is 1.65. The van der Waals surface area contributed by atoms with Crippen molar-refractivity contribution in [1.29, 1.82) is 0 Å². The first-order chi connectivity index (χ1) is 6.31. The Morgan fingerprint density at radius 1 is 1.54 bits per heavy atom. The minimum Gasteiger partial charge on any atom is -0.382 e. The summed E-state index contributed by atoms with van der Waals surface area (Å²) in [5.74, 6) is 0. The van der Waals surface area contributed by atoms with Crippen LogP contribution in [-0.4, -0.2) is 20.1 Å². The molecule has 3 nitrogen and oxygen atoms in total. The van der Waals surface area contributed by atoms with Gasteiger partial charge in [0.05, 0.1) is 11.4 Å². The summed E-state index contributed by atoms with van der Waals surface area (Å²) in [7, 11) is 2.11. The Morgan fingerprint density at radius 3 is 3.15 bits per heavy atom. The van der Waals surface area contributed by atoms with E-state index in [4.69, 9.17) is 5.73 Å². The van der Waals surface area contributed by atoms with Crippen molar-refractivity contribution in [3.63, 3.8) is 0 Å². The molecule has 2 rings (SSSR count). The molecule has 0 spiro atoms. The molecule has 13 heavy (non-hydrogen) atoms. The molecule has 0 atom stereocenters. The normalized spacial score (nSPS) is 15.1. The van der Waals surface area contributed by atoms with Crippen molar-refractivity contribution < 1.29 is 0 Å². The lowest BCUT2D eigenvalue weighted by molar-refractivity contribution is 0.883. The highest BCUT2D eigenvalue weighted by Crippen LogP contribution is 2.28. The molecule has 3 heteroatoms. The molecule has 1 aliphatic heterocycles. The van der Waals surface area contributed by atoms with Crippen LogP contribution in [0, 0.1) is 0 Å². The van der Waals surface area contributed by atoms with Gasteiger partial charge in [0.15, 0.2) is 0 Å². The number of nitrogens with zero attached hydrogens (tertiary/aromatic N) is 1. The van der Waals surface area contributed by atoms with E-state index in [2.05, 4.69) is 35.5 Å². The Bertz CT molecular complexity index is 309. The fraction of sp³-hybridized carbons (Fsp3) is 0.400. The molecule has 1 heterocycles. The third-order valence-electron chi connectivity index (χ3n) is 2.47. The lowest BCUT2D eigenvalue weighted by Crippen LogP contribution is -2.30.